The second-order valence-corrected chi connectivity index (χ2v) is 1.63. The standard InChI is InChI=1S/C4H4F5NO/c5-2(6)3(11)10-1-4(7,8)9/h2H,1H2,(H,10,11). The zero-order chi connectivity index (χ0) is 9.07. The maximum atomic E-state index is 11.2. The van der Waals surface area contributed by atoms with Gasteiger partial charge in [-0.1, -0.05) is 0 Å². The van der Waals surface area contributed by atoms with Crippen LogP contribution in [0.4, 0.5) is 22.0 Å². The Hall–Kier alpha value is -0.880. The first-order chi connectivity index (χ1) is 4.83. The lowest BCUT2D eigenvalue weighted by molar-refractivity contribution is -0.145. The molecule has 0 heterocycles. The van der Waals surface area contributed by atoms with Crippen LogP contribution >= 0.6 is 0 Å². The van der Waals surface area contributed by atoms with Crippen molar-refractivity contribution in [2.75, 3.05) is 6.54 Å². The third-order valence-electron chi connectivity index (χ3n) is 0.661. The predicted octanol–water partition coefficient (Wildman–Crippen LogP) is 0.930. The molecule has 1 amide bonds. The van der Waals surface area contributed by atoms with Gasteiger partial charge in [-0.2, -0.15) is 22.0 Å². The normalized spacial score (nSPS) is 11.8. The largest absolute Gasteiger partial charge is 0.405 e. The van der Waals surface area contributed by atoms with Gasteiger partial charge in [-0.25, -0.2) is 0 Å². The van der Waals surface area contributed by atoms with E-state index in [1.54, 1.807) is 0 Å². The fourth-order valence-corrected chi connectivity index (χ4v) is 0.264. The van der Waals surface area contributed by atoms with Crippen molar-refractivity contribution < 1.29 is 26.7 Å². The Kier molecular flexibility index (Phi) is 3.21. The third-order valence-corrected chi connectivity index (χ3v) is 0.661. The molecular formula is C4H4F5NO. The summed E-state index contributed by atoms with van der Waals surface area (Å²) in [5, 5.41) is 1.01. The zero-order valence-corrected chi connectivity index (χ0v) is 5.08. The van der Waals surface area contributed by atoms with Crippen LogP contribution in [0.2, 0.25) is 0 Å². The number of nitrogens with one attached hydrogen (secondary N) is 1. The predicted molar refractivity (Wildman–Crippen MR) is 25.1 cm³/mol. The molecule has 66 valence electrons. The number of hydrogen-bond donors (Lipinski definition) is 1. The minimum Gasteiger partial charge on any atom is -0.342 e. The molecule has 0 saturated heterocycles. The van der Waals surface area contributed by atoms with Crippen LogP contribution in [0.15, 0.2) is 0 Å². The summed E-state index contributed by atoms with van der Waals surface area (Å²) >= 11 is 0. The molecule has 0 atom stereocenters. The van der Waals surface area contributed by atoms with E-state index in [0.29, 0.717) is 0 Å². The van der Waals surface area contributed by atoms with E-state index < -0.39 is 25.1 Å². The Bertz CT molecular complexity index is 142. The molecule has 0 saturated carbocycles. The summed E-state index contributed by atoms with van der Waals surface area (Å²) in [6, 6.07) is 0. The first-order valence-electron chi connectivity index (χ1n) is 2.45. The fraction of sp³-hybridized carbons (Fsp3) is 0.750. The van der Waals surface area contributed by atoms with Crippen molar-refractivity contribution in [3.8, 4) is 0 Å². The van der Waals surface area contributed by atoms with E-state index in [2.05, 4.69) is 0 Å². The SMILES string of the molecule is O=C(NCC(F)(F)F)C(F)F. The van der Waals surface area contributed by atoms with Gasteiger partial charge in [0, 0.05) is 0 Å². The van der Waals surface area contributed by atoms with Crippen LogP contribution in [0, 0.1) is 0 Å². The highest BCUT2D eigenvalue weighted by Gasteiger charge is 2.29. The van der Waals surface area contributed by atoms with E-state index in [4.69, 9.17) is 0 Å². The van der Waals surface area contributed by atoms with Gasteiger partial charge in [0.25, 0.3) is 5.91 Å². The second-order valence-electron chi connectivity index (χ2n) is 1.63. The quantitative estimate of drug-likeness (QED) is 0.624. The molecule has 0 fully saturated rings. The number of alkyl halides is 5. The number of carbonyl (C=O) groups excluding carboxylic acids is 1. The first-order valence-corrected chi connectivity index (χ1v) is 2.45. The highest BCUT2D eigenvalue weighted by molar-refractivity contribution is 5.79. The molecule has 7 heteroatoms. The van der Waals surface area contributed by atoms with Crippen molar-refractivity contribution in [2.24, 2.45) is 0 Å². The summed E-state index contributed by atoms with van der Waals surface area (Å²) in [5.74, 6) is -1.91. The van der Waals surface area contributed by atoms with E-state index in [-0.39, 0.29) is 0 Å². The maximum Gasteiger partial charge on any atom is 0.405 e. The molecule has 0 spiro atoms. The minimum absolute atomic E-state index is 1.01. The Morgan fingerprint density at radius 2 is 1.82 bits per heavy atom. The van der Waals surface area contributed by atoms with Crippen LogP contribution < -0.4 is 5.32 Å². The summed E-state index contributed by atoms with van der Waals surface area (Å²) < 4.78 is 56.1. The van der Waals surface area contributed by atoms with Crippen LogP contribution in [-0.4, -0.2) is 25.1 Å². The van der Waals surface area contributed by atoms with Gasteiger partial charge in [0.05, 0.1) is 0 Å². The number of hydrogen-bond acceptors (Lipinski definition) is 1. The van der Waals surface area contributed by atoms with Crippen LogP contribution in [0.1, 0.15) is 0 Å². The van der Waals surface area contributed by atoms with Crippen LogP contribution in [-0.2, 0) is 4.79 Å². The number of rotatable bonds is 2. The molecule has 2 nitrogen and oxygen atoms in total. The van der Waals surface area contributed by atoms with Gasteiger partial charge in [-0.3, -0.25) is 4.79 Å². The topological polar surface area (TPSA) is 29.1 Å². The van der Waals surface area contributed by atoms with Gasteiger partial charge < -0.3 is 5.32 Å². The molecule has 0 aliphatic carbocycles. The Morgan fingerprint density at radius 3 is 2.09 bits per heavy atom. The first kappa shape index (κ1) is 10.1. The van der Waals surface area contributed by atoms with E-state index >= 15 is 0 Å². The Labute approximate surface area is 58.4 Å². The van der Waals surface area contributed by atoms with Crippen LogP contribution in [0.5, 0.6) is 0 Å². The second kappa shape index (κ2) is 3.49. The summed E-state index contributed by atoms with van der Waals surface area (Å²) in [6.45, 7) is -1.73. The minimum atomic E-state index is -4.65. The van der Waals surface area contributed by atoms with Crippen molar-refractivity contribution >= 4 is 5.91 Å². The van der Waals surface area contributed by atoms with Gasteiger partial charge >= 0.3 is 12.6 Å². The van der Waals surface area contributed by atoms with Crippen LogP contribution in [0.3, 0.4) is 0 Å². The molecule has 11 heavy (non-hydrogen) atoms. The highest BCUT2D eigenvalue weighted by Crippen LogP contribution is 2.12. The average molecular weight is 177 g/mol. The number of halogens is 5. The molecule has 0 radical (unpaired) electrons. The fourth-order valence-electron chi connectivity index (χ4n) is 0.264. The van der Waals surface area contributed by atoms with Gasteiger partial charge in [0.1, 0.15) is 6.54 Å². The molecule has 0 aromatic rings. The maximum absolute atomic E-state index is 11.2. The molecule has 0 aliphatic heterocycles. The molecule has 0 aromatic heterocycles. The van der Waals surface area contributed by atoms with E-state index in [1.165, 1.54) is 0 Å². The monoisotopic (exact) mass is 177 g/mol. The van der Waals surface area contributed by atoms with Gasteiger partial charge in [-0.05, 0) is 0 Å². The molecule has 0 aliphatic rings. The lowest BCUT2D eigenvalue weighted by Crippen LogP contribution is -2.37. The van der Waals surface area contributed by atoms with Gasteiger partial charge in [-0.15, -0.1) is 0 Å². The molecule has 0 bridgehead atoms. The van der Waals surface area contributed by atoms with Crippen molar-refractivity contribution in [1.82, 2.24) is 5.32 Å². The molecule has 0 aromatic carbocycles. The molecule has 1 N–H and O–H groups in total. The van der Waals surface area contributed by atoms with E-state index in [9.17, 15) is 26.7 Å². The Morgan fingerprint density at radius 1 is 1.36 bits per heavy atom. The zero-order valence-electron chi connectivity index (χ0n) is 5.08. The van der Waals surface area contributed by atoms with Crippen molar-refractivity contribution in [3.63, 3.8) is 0 Å². The summed E-state index contributed by atoms with van der Waals surface area (Å²) in [6.07, 6.45) is -8.05. The molecular weight excluding hydrogens is 173 g/mol. The lowest BCUT2D eigenvalue weighted by Gasteiger charge is -2.06. The van der Waals surface area contributed by atoms with Crippen LogP contribution in [0.25, 0.3) is 0 Å². The van der Waals surface area contributed by atoms with E-state index in [0.717, 1.165) is 5.32 Å². The average Bonchev–Trinajstić information content (AvgIpc) is 1.80. The lowest BCUT2D eigenvalue weighted by atomic mass is 10.5. The van der Waals surface area contributed by atoms with Crippen molar-refractivity contribution in [1.29, 1.82) is 0 Å². The van der Waals surface area contributed by atoms with Crippen molar-refractivity contribution in [2.45, 2.75) is 12.6 Å². The number of amides is 1. The molecule has 0 rings (SSSR count). The van der Waals surface area contributed by atoms with Crippen molar-refractivity contribution in [3.05, 3.63) is 0 Å². The summed E-state index contributed by atoms with van der Waals surface area (Å²) in [5.41, 5.74) is 0. The summed E-state index contributed by atoms with van der Waals surface area (Å²) in [4.78, 5) is 9.83. The third kappa shape index (κ3) is 5.56. The van der Waals surface area contributed by atoms with Gasteiger partial charge in [0.15, 0.2) is 0 Å². The summed E-state index contributed by atoms with van der Waals surface area (Å²) in [7, 11) is 0. The van der Waals surface area contributed by atoms with Gasteiger partial charge in [0.2, 0.25) is 0 Å². The van der Waals surface area contributed by atoms with E-state index in [1.807, 2.05) is 0 Å². The number of carbonyl (C=O) groups is 1. The highest BCUT2D eigenvalue weighted by atomic mass is 19.4. The molecule has 0 unspecified atom stereocenters. The smallest absolute Gasteiger partial charge is 0.342 e. The Balaban J connectivity index is 3.64.